The summed E-state index contributed by atoms with van der Waals surface area (Å²) in [4.78, 5) is 15.4. The van der Waals surface area contributed by atoms with E-state index in [-0.39, 0.29) is 16.8 Å². The highest BCUT2D eigenvalue weighted by molar-refractivity contribution is 5.97. The maximum absolute atomic E-state index is 13.3. The molecule has 2 heterocycles. The number of para-hydroxylation sites is 1. The van der Waals surface area contributed by atoms with Crippen molar-refractivity contribution < 1.29 is 14.3 Å². The molecule has 0 amide bonds. The predicted molar refractivity (Wildman–Crippen MR) is 136 cm³/mol. The van der Waals surface area contributed by atoms with Gasteiger partial charge in [-0.3, -0.25) is 0 Å². The van der Waals surface area contributed by atoms with Gasteiger partial charge in [0.1, 0.15) is 11.5 Å². The molecule has 0 fully saturated rings. The molecule has 0 saturated heterocycles. The van der Waals surface area contributed by atoms with Crippen molar-refractivity contribution in [2.75, 3.05) is 19.0 Å². The lowest BCUT2D eigenvalue weighted by Gasteiger charge is -2.42. The fourth-order valence-corrected chi connectivity index (χ4v) is 5.26. The van der Waals surface area contributed by atoms with Crippen LogP contribution in [0, 0.1) is 0 Å². The minimum Gasteiger partial charge on any atom is -0.456 e. The summed E-state index contributed by atoms with van der Waals surface area (Å²) >= 11 is 0. The van der Waals surface area contributed by atoms with Gasteiger partial charge in [0.15, 0.2) is 5.60 Å². The van der Waals surface area contributed by atoms with Crippen LogP contribution in [-0.2, 0) is 21.2 Å². The normalized spacial score (nSPS) is 18.6. The third-order valence-electron chi connectivity index (χ3n) is 6.95. The average molecular weight is 456 g/mol. The van der Waals surface area contributed by atoms with E-state index in [2.05, 4.69) is 76.8 Å². The maximum Gasteiger partial charge on any atom is 0.340 e. The van der Waals surface area contributed by atoms with Crippen molar-refractivity contribution in [1.82, 2.24) is 0 Å². The van der Waals surface area contributed by atoms with Gasteiger partial charge in [0.05, 0.1) is 11.1 Å². The average Bonchev–Trinajstić information content (AvgIpc) is 3.04. The molecule has 2 aliphatic rings. The molecular weight excluding hydrogens is 422 g/mol. The molecule has 3 aromatic rings. The Morgan fingerprint density at radius 3 is 2.09 bits per heavy atom. The fraction of sp³-hybridized carbons (Fsp3) is 0.367. The van der Waals surface area contributed by atoms with Gasteiger partial charge in [-0.15, -0.1) is 0 Å². The largest absolute Gasteiger partial charge is 0.456 e. The standard InChI is InChI=1S/C30H33NO3/c1-28(2,3)21-14-11-15-22-26(21)33-24-17-18(31(7)8)16-23(29(4,5)6)25(24)30(22)20-13-10-9-12-19(20)27(32)34-30/h9-17H,1-8H3. The first-order chi connectivity index (χ1) is 15.9. The second kappa shape index (κ2) is 7.11. The van der Waals surface area contributed by atoms with E-state index in [4.69, 9.17) is 9.47 Å². The Morgan fingerprint density at radius 1 is 0.794 bits per heavy atom. The van der Waals surface area contributed by atoms with Crippen molar-refractivity contribution in [3.63, 3.8) is 0 Å². The van der Waals surface area contributed by atoms with Crippen molar-refractivity contribution in [2.45, 2.75) is 58.0 Å². The van der Waals surface area contributed by atoms with Crippen LogP contribution in [0.1, 0.15) is 79.7 Å². The van der Waals surface area contributed by atoms with Crippen molar-refractivity contribution in [3.05, 3.63) is 88.0 Å². The van der Waals surface area contributed by atoms with Crippen LogP contribution in [0.15, 0.2) is 54.6 Å². The second-order valence-electron chi connectivity index (χ2n) is 11.7. The first-order valence-corrected chi connectivity index (χ1v) is 11.9. The molecule has 4 heteroatoms. The van der Waals surface area contributed by atoms with Gasteiger partial charge in [0.2, 0.25) is 0 Å². The monoisotopic (exact) mass is 455 g/mol. The zero-order valence-corrected chi connectivity index (χ0v) is 21.4. The van der Waals surface area contributed by atoms with Crippen molar-refractivity contribution >= 4 is 11.7 Å². The lowest BCUT2D eigenvalue weighted by molar-refractivity contribution is 0.0217. The molecule has 0 bridgehead atoms. The van der Waals surface area contributed by atoms with Crippen LogP contribution in [0.2, 0.25) is 0 Å². The van der Waals surface area contributed by atoms with E-state index in [1.54, 1.807) is 0 Å². The highest BCUT2D eigenvalue weighted by atomic mass is 16.6. The lowest BCUT2D eigenvalue weighted by atomic mass is 9.70. The number of carbonyl (C=O) groups excluding carboxylic acids is 1. The SMILES string of the molecule is CN(C)c1cc2c(c(C(C)(C)C)c1)C1(OC(=O)c3ccccc31)c1cccc(C(C)(C)C)c1O2. The molecule has 4 nitrogen and oxygen atoms in total. The van der Waals surface area contributed by atoms with Gasteiger partial charge in [-0.25, -0.2) is 4.79 Å². The molecule has 2 aliphatic heterocycles. The third-order valence-corrected chi connectivity index (χ3v) is 6.95. The Kier molecular flexibility index (Phi) is 4.71. The zero-order chi connectivity index (χ0) is 24.6. The first-order valence-electron chi connectivity index (χ1n) is 11.9. The number of nitrogens with zero attached hydrogens (tertiary/aromatic N) is 1. The Balaban J connectivity index is 1.98. The van der Waals surface area contributed by atoms with Gasteiger partial charge in [-0.05, 0) is 28.5 Å². The van der Waals surface area contributed by atoms with Gasteiger partial charge in [0.25, 0.3) is 0 Å². The third kappa shape index (κ3) is 3.08. The highest BCUT2D eigenvalue weighted by Crippen LogP contribution is 2.60. The number of hydrogen-bond acceptors (Lipinski definition) is 4. The van der Waals surface area contributed by atoms with Crippen LogP contribution in [0.25, 0.3) is 0 Å². The van der Waals surface area contributed by atoms with Crippen LogP contribution >= 0.6 is 0 Å². The number of rotatable bonds is 1. The van der Waals surface area contributed by atoms with Gasteiger partial charge >= 0.3 is 5.97 Å². The Bertz CT molecular complexity index is 1320. The minimum absolute atomic E-state index is 0.155. The van der Waals surface area contributed by atoms with Crippen LogP contribution in [0.4, 0.5) is 5.69 Å². The summed E-state index contributed by atoms with van der Waals surface area (Å²) in [5.41, 5.74) is 5.09. The first kappa shape index (κ1) is 22.5. The van der Waals surface area contributed by atoms with E-state index in [0.717, 1.165) is 45.0 Å². The van der Waals surface area contributed by atoms with E-state index in [1.165, 1.54) is 0 Å². The van der Waals surface area contributed by atoms with Gasteiger partial charge < -0.3 is 14.4 Å². The maximum atomic E-state index is 13.3. The number of benzene rings is 3. The number of fused-ring (bicyclic) bond motifs is 6. The molecule has 3 aromatic carbocycles. The summed E-state index contributed by atoms with van der Waals surface area (Å²) in [6, 6.07) is 18.3. The molecule has 0 aromatic heterocycles. The molecule has 1 spiro atoms. The van der Waals surface area contributed by atoms with Crippen molar-refractivity contribution in [1.29, 1.82) is 0 Å². The van der Waals surface area contributed by atoms with Crippen LogP contribution < -0.4 is 9.64 Å². The summed E-state index contributed by atoms with van der Waals surface area (Å²) in [6.07, 6.45) is 0. The summed E-state index contributed by atoms with van der Waals surface area (Å²) in [5.74, 6) is 1.22. The Hall–Kier alpha value is -3.27. The Labute approximate surface area is 202 Å². The lowest BCUT2D eigenvalue weighted by Crippen LogP contribution is -2.37. The molecule has 0 saturated carbocycles. The molecule has 1 unspecified atom stereocenters. The molecule has 0 aliphatic carbocycles. The fourth-order valence-electron chi connectivity index (χ4n) is 5.26. The predicted octanol–water partition coefficient (Wildman–Crippen LogP) is 6.92. The quantitative estimate of drug-likeness (QED) is 0.374. The van der Waals surface area contributed by atoms with E-state index in [1.807, 2.05) is 38.4 Å². The van der Waals surface area contributed by atoms with E-state index in [9.17, 15) is 4.79 Å². The Morgan fingerprint density at radius 2 is 1.44 bits per heavy atom. The molecule has 34 heavy (non-hydrogen) atoms. The van der Waals surface area contributed by atoms with Gasteiger partial charge in [-0.1, -0.05) is 77.9 Å². The minimum atomic E-state index is -1.06. The van der Waals surface area contributed by atoms with Crippen molar-refractivity contribution in [3.8, 4) is 11.5 Å². The number of ether oxygens (including phenoxy) is 2. The molecule has 1 atom stereocenters. The number of esters is 1. The number of hydrogen-bond donors (Lipinski definition) is 0. The van der Waals surface area contributed by atoms with Crippen LogP contribution in [-0.4, -0.2) is 20.1 Å². The molecular formula is C30H33NO3. The summed E-state index contributed by atoms with van der Waals surface area (Å²) < 4.78 is 13.3. The van der Waals surface area contributed by atoms with E-state index < -0.39 is 5.60 Å². The van der Waals surface area contributed by atoms with Crippen molar-refractivity contribution in [2.24, 2.45) is 0 Å². The second-order valence-corrected chi connectivity index (χ2v) is 11.7. The molecule has 176 valence electrons. The highest BCUT2D eigenvalue weighted by Gasteiger charge is 2.56. The van der Waals surface area contributed by atoms with Crippen LogP contribution in [0.3, 0.4) is 0 Å². The molecule has 0 radical (unpaired) electrons. The number of anilines is 1. The van der Waals surface area contributed by atoms with E-state index >= 15 is 0 Å². The van der Waals surface area contributed by atoms with Crippen LogP contribution in [0.5, 0.6) is 11.5 Å². The zero-order valence-electron chi connectivity index (χ0n) is 21.4. The van der Waals surface area contributed by atoms with Gasteiger partial charge in [0, 0.05) is 42.5 Å². The topological polar surface area (TPSA) is 38.8 Å². The molecule has 0 N–H and O–H groups in total. The molecule has 5 rings (SSSR count). The summed E-state index contributed by atoms with van der Waals surface area (Å²) in [6.45, 7) is 13.1. The summed E-state index contributed by atoms with van der Waals surface area (Å²) in [5, 5.41) is 0. The van der Waals surface area contributed by atoms with Gasteiger partial charge in [-0.2, -0.15) is 0 Å². The van der Waals surface area contributed by atoms with E-state index in [0.29, 0.717) is 5.56 Å². The smallest absolute Gasteiger partial charge is 0.340 e. The summed E-state index contributed by atoms with van der Waals surface area (Å²) in [7, 11) is 4.07. The number of carbonyl (C=O) groups is 1.